The number of rotatable bonds is 4. The second-order valence-electron chi connectivity index (χ2n) is 4.50. The number of aryl methyl sites for hydroxylation is 1. The first kappa shape index (κ1) is 15.2. The van der Waals surface area contributed by atoms with E-state index < -0.39 is 5.97 Å². The minimum absolute atomic E-state index is 0.245. The van der Waals surface area contributed by atoms with Crippen LogP contribution in [0.5, 0.6) is 11.5 Å². The van der Waals surface area contributed by atoms with Gasteiger partial charge in [-0.1, -0.05) is 17.7 Å². The van der Waals surface area contributed by atoms with Crippen molar-refractivity contribution in [2.75, 3.05) is 14.2 Å². The van der Waals surface area contributed by atoms with Crippen LogP contribution in [0.3, 0.4) is 0 Å². The third kappa shape index (κ3) is 2.81. The molecule has 110 valence electrons. The third-order valence-electron chi connectivity index (χ3n) is 3.25. The van der Waals surface area contributed by atoms with Crippen molar-refractivity contribution in [1.29, 1.82) is 0 Å². The normalized spacial score (nSPS) is 10.3. The van der Waals surface area contributed by atoms with Crippen LogP contribution in [-0.4, -0.2) is 25.3 Å². The molecular weight excluding hydrogens is 292 g/mol. The molecule has 0 bridgehead atoms. The zero-order valence-electron chi connectivity index (χ0n) is 11.9. The second-order valence-corrected chi connectivity index (χ2v) is 4.88. The van der Waals surface area contributed by atoms with Gasteiger partial charge in [-0.15, -0.1) is 0 Å². The van der Waals surface area contributed by atoms with E-state index in [2.05, 4.69) is 0 Å². The Balaban J connectivity index is 2.62. The maximum Gasteiger partial charge on any atom is 0.335 e. The number of carboxylic acid groups (broad SMARTS) is 1. The lowest BCUT2D eigenvalue weighted by molar-refractivity contribution is 0.0697. The summed E-state index contributed by atoms with van der Waals surface area (Å²) in [6.07, 6.45) is 0. The van der Waals surface area contributed by atoms with E-state index in [-0.39, 0.29) is 5.56 Å². The molecule has 0 aliphatic rings. The summed E-state index contributed by atoms with van der Waals surface area (Å²) in [5, 5.41) is 9.41. The standard InChI is InChI=1S/C16H15ClO4/c1-9-8-10(16(18)19)4-5-11(9)12-6-7-13(20-2)14(17)15(12)21-3/h4-8H,1-3H3,(H,18,19). The van der Waals surface area contributed by atoms with E-state index in [0.29, 0.717) is 16.5 Å². The minimum atomic E-state index is -0.954. The maximum absolute atomic E-state index is 11.0. The highest BCUT2D eigenvalue weighted by Crippen LogP contribution is 2.42. The summed E-state index contributed by atoms with van der Waals surface area (Å²) in [6, 6.07) is 8.52. The van der Waals surface area contributed by atoms with Crippen LogP contribution in [0.25, 0.3) is 11.1 Å². The third-order valence-corrected chi connectivity index (χ3v) is 3.61. The molecule has 0 amide bonds. The van der Waals surface area contributed by atoms with Gasteiger partial charge in [0.05, 0.1) is 19.8 Å². The first-order chi connectivity index (χ1) is 9.99. The summed E-state index contributed by atoms with van der Waals surface area (Å²) in [5.41, 5.74) is 2.73. The summed E-state index contributed by atoms with van der Waals surface area (Å²) in [4.78, 5) is 11.0. The molecule has 0 spiro atoms. The molecule has 5 heteroatoms. The Morgan fingerprint density at radius 2 is 1.76 bits per heavy atom. The number of carboxylic acids is 1. The highest BCUT2D eigenvalue weighted by molar-refractivity contribution is 6.34. The van der Waals surface area contributed by atoms with Gasteiger partial charge in [-0.3, -0.25) is 0 Å². The van der Waals surface area contributed by atoms with Gasteiger partial charge >= 0.3 is 5.97 Å². The molecule has 0 aliphatic carbocycles. The second kappa shape index (κ2) is 6.06. The van der Waals surface area contributed by atoms with Gasteiger partial charge < -0.3 is 14.6 Å². The lowest BCUT2D eigenvalue weighted by Crippen LogP contribution is -1.98. The van der Waals surface area contributed by atoms with Crippen molar-refractivity contribution in [2.45, 2.75) is 6.92 Å². The van der Waals surface area contributed by atoms with Gasteiger partial charge in [-0.05, 0) is 42.3 Å². The fraction of sp³-hybridized carbons (Fsp3) is 0.188. The quantitative estimate of drug-likeness (QED) is 0.926. The fourth-order valence-corrected chi connectivity index (χ4v) is 2.53. The summed E-state index contributed by atoms with van der Waals surface area (Å²) >= 11 is 6.25. The lowest BCUT2D eigenvalue weighted by atomic mass is 9.97. The van der Waals surface area contributed by atoms with E-state index in [1.165, 1.54) is 14.2 Å². The van der Waals surface area contributed by atoms with E-state index in [1.54, 1.807) is 24.3 Å². The van der Waals surface area contributed by atoms with Crippen molar-refractivity contribution >= 4 is 17.6 Å². The zero-order chi connectivity index (χ0) is 15.6. The van der Waals surface area contributed by atoms with Crippen LogP contribution >= 0.6 is 11.6 Å². The molecule has 0 atom stereocenters. The van der Waals surface area contributed by atoms with Crippen molar-refractivity contribution in [3.05, 3.63) is 46.5 Å². The number of hydrogen-bond acceptors (Lipinski definition) is 3. The topological polar surface area (TPSA) is 55.8 Å². The van der Waals surface area contributed by atoms with Crippen molar-refractivity contribution < 1.29 is 19.4 Å². The molecule has 0 heterocycles. The molecule has 0 unspecified atom stereocenters. The van der Waals surface area contributed by atoms with E-state index >= 15 is 0 Å². The molecule has 0 saturated heterocycles. The maximum atomic E-state index is 11.0. The van der Waals surface area contributed by atoms with Crippen molar-refractivity contribution in [3.63, 3.8) is 0 Å². The van der Waals surface area contributed by atoms with Gasteiger partial charge in [-0.25, -0.2) is 4.79 Å². The van der Waals surface area contributed by atoms with Gasteiger partial charge in [0.25, 0.3) is 0 Å². The Hall–Kier alpha value is -2.20. The van der Waals surface area contributed by atoms with Gasteiger partial charge in [0.2, 0.25) is 0 Å². The highest BCUT2D eigenvalue weighted by atomic mass is 35.5. The molecule has 2 aromatic rings. The minimum Gasteiger partial charge on any atom is -0.495 e. The number of aromatic carboxylic acids is 1. The van der Waals surface area contributed by atoms with Crippen LogP contribution in [0.4, 0.5) is 0 Å². The molecular formula is C16H15ClO4. The van der Waals surface area contributed by atoms with Crippen LogP contribution < -0.4 is 9.47 Å². The molecule has 0 saturated carbocycles. The average Bonchev–Trinajstić information content (AvgIpc) is 2.46. The summed E-state index contributed by atoms with van der Waals surface area (Å²) in [7, 11) is 3.07. The zero-order valence-corrected chi connectivity index (χ0v) is 12.7. The van der Waals surface area contributed by atoms with E-state index in [0.717, 1.165) is 16.7 Å². The highest BCUT2D eigenvalue weighted by Gasteiger charge is 2.16. The van der Waals surface area contributed by atoms with Crippen LogP contribution in [0, 0.1) is 6.92 Å². The molecule has 21 heavy (non-hydrogen) atoms. The Kier molecular flexibility index (Phi) is 4.38. The van der Waals surface area contributed by atoms with Gasteiger partial charge in [0, 0.05) is 5.56 Å². The Labute approximate surface area is 127 Å². The molecule has 4 nitrogen and oxygen atoms in total. The molecule has 0 aromatic heterocycles. The molecule has 0 radical (unpaired) electrons. The van der Waals surface area contributed by atoms with Crippen LogP contribution in [0.1, 0.15) is 15.9 Å². The van der Waals surface area contributed by atoms with Crippen LogP contribution in [-0.2, 0) is 0 Å². The van der Waals surface area contributed by atoms with Crippen LogP contribution in [0.15, 0.2) is 30.3 Å². The molecule has 1 N–H and O–H groups in total. The predicted molar refractivity (Wildman–Crippen MR) is 81.7 cm³/mol. The SMILES string of the molecule is COc1ccc(-c2ccc(C(=O)O)cc2C)c(OC)c1Cl. The number of benzene rings is 2. The predicted octanol–water partition coefficient (Wildman–Crippen LogP) is 4.03. The first-order valence-corrected chi connectivity index (χ1v) is 6.62. The Morgan fingerprint density at radius 3 is 2.29 bits per heavy atom. The number of carbonyl (C=O) groups is 1. The van der Waals surface area contributed by atoms with E-state index in [9.17, 15) is 4.79 Å². The number of ether oxygens (including phenoxy) is 2. The molecule has 0 aliphatic heterocycles. The van der Waals surface area contributed by atoms with E-state index in [1.807, 2.05) is 13.0 Å². The largest absolute Gasteiger partial charge is 0.495 e. The average molecular weight is 307 g/mol. The van der Waals surface area contributed by atoms with Crippen molar-refractivity contribution in [3.8, 4) is 22.6 Å². The smallest absolute Gasteiger partial charge is 0.335 e. The van der Waals surface area contributed by atoms with Gasteiger partial charge in [0.1, 0.15) is 16.5 Å². The Bertz CT molecular complexity index is 695. The molecule has 2 rings (SSSR count). The number of methoxy groups -OCH3 is 2. The lowest BCUT2D eigenvalue weighted by Gasteiger charge is -2.15. The van der Waals surface area contributed by atoms with Gasteiger partial charge in [-0.2, -0.15) is 0 Å². The summed E-state index contributed by atoms with van der Waals surface area (Å²) in [5.74, 6) is 0.0728. The van der Waals surface area contributed by atoms with Crippen molar-refractivity contribution in [1.82, 2.24) is 0 Å². The van der Waals surface area contributed by atoms with E-state index in [4.69, 9.17) is 26.2 Å². The summed E-state index contributed by atoms with van der Waals surface area (Å²) in [6.45, 7) is 1.85. The fourth-order valence-electron chi connectivity index (χ4n) is 2.21. The van der Waals surface area contributed by atoms with Crippen LogP contribution in [0.2, 0.25) is 5.02 Å². The Morgan fingerprint density at radius 1 is 1.10 bits per heavy atom. The van der Waals surface area contributed by atoms with Crippen molar-refractivity contribution in [2.24, 2.45) is 0 Å². The number of hydrogen-bond donors (Lipinski definition) is 1. The monoisotopic (exact) mass is 306 g/mol. The van der Waals surface area contributed by atoms with Gasteiger partial charge in [0.15, 0.2) is 0 Å². The number of halogens is 1. The molecule has 0 fully saturated rings. The first-order valence-electron chi connectivity index (χ1n) is 6.24. The summed E-state index contributed by atoms with van der Waals surface area (Å²) < 4.78 is 10.5. The molecule has 2 aromatic carbocycles.